The van der Waals surface area contributed by atoms with Gasteiger partial charge < -0.3 is 35.7 Å². The van der Waals surface area contributed by atoms with Crippen LogP contribution in [-0.4, -0.2) is 66.2 Å². The fraction of sp³-hybridized carbons (Fsp3) is 1.00. The predicted molar refractivity (Wildman–Crippen MR) is 73.7 cm³/mol. The third-order valence-electron chi connectivity index (χ3n) is 2.45. The molecule has 0 bridgehead atoms. The van der Waals surface area contributed by atoms with Gasteiger partial charge in [-0.1, -0.05) is 0 Å². The third kappa shape index (κ3) is 13.9. The molecule has 0 aromatic heterocycles. The van der Waals surface area contributed by atoms with Gasteiger partial charge in [0.1, 0.15) is 13.6 Å². The van der Waals surface area contributed by atoms with Crippen LogP contribution in [-0.2, 0) is 18.9 Å². The standard InChI is InChI=1S/C12H29N3O4/c1-16-9-18-7-11(13)3-5-15-6-4-12(14)8-19-10-17-2/h11-12,15H,3-10,13-14H2,1-2H3/t11-,12-/m0/s1. The van der Waals surface area contributed by atoms with E-state index in [0.717, 1.165) is 25.9 Å². The SMILES string of the molecule is COCOC[C@@H](N)CCNCC[C@H](N)COCOC. The van der Waals surface area contributed by atoms with E-state index >= 15 is 0 Å². The molecule has 0 unspecified atom stereocenters. The van der Waals surface area contributed by atoms with Crippen molar-refractivity contribution in [2.24, 2.45) is 11.5 Å². The van der Waals surface area contributed by atoms with Crippen molar-refractivity contribution in [3.05, 3.63) is 0 Å². The number of ether oxygens (including phenoxy) is 4. The molecule has 0 aromatic carbocycles. The molecule has 5 N–H and O–H groups in total. The fourth-order valence-corrected chi connectivity index (χ4v) is 1.43. The Hall–Kier alpha value is -0.280. The maximum absolute atomic E-state index is 5.86. The first-order valence-electron chi connectivity index (χ1n) is 6.56. The zero-order valence-corrected chi connectivity index (χ0v) is 12.1. The van der Waals surface area contributed by atoms with Crippen molar-refractivity contribution in [3.8, 4) is 0 Å². The van der Waals surface area contributed by atoms with Gasteiger partial charge in [-0.2, -0.15) is 0 Å². The molecule has 7 nitrogen and oxygen atoms in total. The van der Waals surface area contributed by atoms with Crippen LogP contribution in [0.15, 0.2) is 0 Å². The van der Waals surface area contributed by atoms with Crippen LogP contribution in [0.4, 0.5) is 0 Å². The van der Waals surface area contributed by atoms with Crippen LogP contribution in [0.1, 0.15) is 12.8 Å². The van der Waals surface area contributed by atoms with Crippen LogP contribution >= 0.6 is 0 Å². The van der Waals surface area contributed by atoms with Gasteiger partial charge >= 0.3 is 0 Å². The molecular formula is C12H29N3O4. The number of hydrogen-bond donors (Lipinski definition) is 3. The minimum atomic E-state index is 0.0290. The minimum Gasteiger partial charge on any atom is -0.359 e. The van der Waals surface area contributed by atoms with Crippen LogP contribution < -0.4 is 16.8 Å². The molecule has 0 amide bonds. The highest BCUT2D eigenvalue weighted by atomic mass is 16.7. The summed E-state index contributed by atoms with van der Waals surface area (Å²) in [4.78, 5) is 0. The Morgan fingerprint density at radius 2 is 1.26 bits per heavy atom. The Morgan fingerprint density at radius 1 is 0.842 bits per heavy atom. The molecule has 19 heavy (non-hydrogen) atoms. The van der Waals surface area contributed by atoms with Crippen molar-refractivity contribution in [2.45, 2.75) is 24.9 Å². The third-order valence-corrected chi connectivity index (χ3v) is 2.45. The van der Waals surface area contributed by atoms with Crippen LogP contribution in [0.3, 0.4) is 0 Å². The second-order valence-electron chi connectivity index (χ2n) is 4.40. The van der Waals surface area contributed by atoms with E-state index in [2.05, 4.69) is 5.32 Å². The molecule has 0 radical (unpaired) electrons. The summed E-state index contributed by atoms with van der Waals surface area (Å²) in [6.45, 7) is 3.31. The van der Waals surface area contributed by atoms with Crippen molar-refractivity contribution in [3.63, 3.8) is 0 Å². The molecule has 0 heterocycles. The van der Waals surface area contributed by atoms with Gasteiger partial charge in [-0.15, -0.1) is 0 Å². The Bertz CT molecular complexity index is 168. The average molecular weight is 279 g/mol. The first-order valence-corrected chi connectivity index (χ1v) is 6.56. The minimum absolute atomic E-state index is 0.0290. The second kappa shape index (κ2) is 14.1. The number of rotatable bonds is 14. The van der Waals surface area contributed by atoms with Crippen molar-refractivity contribution in [1.82, 2.24) is 5.32 Å². The van der Waals surface area contributed by atoms with E-state index in [9.17, 15) is 0 Å². The van der Waals surface area contributed by atoms with Gasteiger partial charge in [-0.05, 0) is 25.9 Å². The van der Waals surface area contributed by atoms with Gasteiger partial charge in [0.15, 0.2) is 0 Å². The van der Waals surface area contributed by atoms with Crippen LogP contribution in [0.5, 0.6) is 0 Å². The van der Waals surface area contributed by atoms with E-state index in [-0.39, 0.29) is 25.7 Å². The molecule has 7 heteroatoms. The predicted octanol–water partition coefficient (Wildman–Crippen LogP) is -0.748. The second-order valence-corrected chi connectivity index (χ2v) is 4.40. The molecule has 2 atom stereocenters. The Morgan fingerprint density at radius 3 is 1.63 bits per heavy atom. The van der Waals surface area contributed by atoms with E-state index in [1.807, 2.05) is 0 Å². The van der Waals surface area contributed by atoms with Crippen LogP contribution in [0, 0.1) is 0 Å². The van der Waals surface area contributed by atoms with E-state index in [1.165, 1.54) is 0 Å². The largest absolute Gasteiger partial charge is 0.359 e. The lowest BCUT2D eigenvalue weighted by atomic mass is 10.2. The highest BCUT2D eigenvalue weighted by molar-refractivity contribution is 4.65. The zero-order chi connectivity index (χ0) is 14.3. The molecule has 0 saturated carbocycles. The lowest BCUT2D eigenvalue weighted by Gasteiger charge is -2.14. The molecule has 0 fully saturated rings. The molecule has 0 aromatic rings. The maximum atomic E-state index is 5.86. The summed E-state index contributed by atoms with van der Waals surface area (Å²) in [7, 11) is 3.18. The van der Waals surface area contributed by atoms with Gasteiger partial charge in [0.25, 0.3) is 0 Å². The Kier molecular flexibility index (Phi) is 13.9. The molecule has 0 aliphatic carbocycles. The van der Waals surface area contributed by atoms with Crippen molar-refractivity contribution < 1.29 is 18.9 Å². The van der Waals surface area contributed by atoms with Crippen LogP contribution in [0.2, 0.25) is 0 Å². The number of nitrogens with one attached hydrogen (secondary N) is 1. The van der Waals surface area contributed by atoms with E-state index < -0.39 is 0 Å². The summed E-state index contributed by atoms with van der Waals surface area (Å²) in [5.41, 5.74) is 11.7. The Labute approximate surface area is 115 Å². The molecular weight excluding hydrogens is 250 g/mol. The number of nitrogens with two attached hydrogens (primary N) is 2. The van der Waals surface area contributed by atoms with E-state index in [0.29, 0.717) is 13.2 Å². The maximum Gasteiger partial charge on any atom is 0.146 e. The molecule has 0 rings (SSSR count). The summed E-state index contributed by atoms with van der Waals surface area (Å²) in [6, 6.07) is 0.0581. The molecule has 0 aliphatic rings. The number of methoxy groups -OCH3 is 2. The first kappa shape index (κ1) is 18.7. The van der Waals surface area contributed by atoms with E-state index in [4.69, 9.17) is 30.4 Å². The van der Waals surface area contributed by atoms with Gasteiger partial charge in [-0.3, -0.25) is 0 Å². The van der Waals surface area contributed by atoms with Gasteiger partial charge in [0.05, 0.1) is 13.2 Å². The average Bonchev–Trinajstić information content (AvgIpc) is 2.39. The van der Waals surface area contributed by atoms with Crippen molar-refractivity contribution in [1.29, 1.82) is 0 Å². The van der Waals surface area contributed by atoms with E-state index in [1.54, 1.807) is 14.2 Å². The normalized spacial score (nSPS) is 14.5. The van der Waals surface area contributed by atoms with Gasteiger partial charge in [0.2, 0.25) is 0 Å². The smallest absolute Gasteiger partial charge is 0.146 e. The molecule has 0 spiro atoms. The summed E-state index contributed by atoms with van der Waals surface area (Å²) < 4.78 is 19.9. The first-order chi connectivity index (χ1) is 9.20. The Balaban J connectivity index is 3.24. The molecule has 116 valence electrons. The van der Waals surface area contributed by atoms with Crippen molar-refractivity contribution >= 4 is 0 Å². The van der Waals surface area contributed by atoms with Crippen LogP contribution in [0.25, 0.3) is 0 Å². The summed E-state index contributed by atoms with van der Waals surface area (Å²) in [5, 5.41) is 3.29. The topological polar surface area (TPSA) is 101 Å². The highest BCUT2D eigenvalue weighted by Gasteiger charge is 2.04. The van der Waals surface area contributed by atoms with Gasteiger partial charge in [0, 0.05) is 26.3 Å². The lowest BCUT2D eigenvalue weighted by molar-refractivity contribution is -0.0357. The highest BCUT2D eigenvalue weighted by Crippen LogP contribution is 1.91. The zero-order valence-electron chi connectivity index (χ0n) is 12.1. The summed E-state index contributed by atoms with van der Waals surface area (Å²) in [5.74, 6) is 0. The monoisotopic (exact) mass is 279 g/mol. The summed E-state index contributed by atoms with van der Waals surface area (Å²) >= 11 is 0. The number of hydrogen-bond acceptors (Lipinski definition) is 7. The van der Waals surface area contributed by atoms with Crippen molar-refractivity contribution in [2.75, 3.05) is 54.1 Å². The molecule has 0 saturated heterocycles. The fourth-order valence-electron chi connectivity index (χ4n) is 1.43. The summed E-state index contributed by atoms with van der Waals surface area (Å²) in [6.07, 6.45) is 1.72. The van der Waals surface area contributed by atoms with Gasteiger partial charge in [-0.25, -0.2) is 0 Å². The lowest BCUT2D eigenvalue weighted by Crippen LogP contribution is -2.34. The quantitative estimate of drug-likeness (QED) is 0.284. The molecule has 0 aliphatic heterocycles.